The van der Waals surface area contributed by atoms with Crippen LogP contribution < -0.4 is 5.32 Å². The van der Waals surface area contributed by atoms with Crippen molar-refractivity contribution in [3.05, 3.63) is 35.9 Å². The van der Waals surface area contributed by atoms with E-state index in [9.17, 15) is 13.2 Å². The third-order valence-electron chi connectivity index (χ3n) is 8.06. The number of carbonyl (C=O) groups excluding carboxylic acids is 1. The van der Waals surface area contributed by atoms with Crippen LogP contribution in [-0.4, -0.2) is 58.7 Å². The Balaban J connectivity index is 1.26. The fraction of sp³-hybridized carbons (Fsp3) is 0.652. The van der Waals surface area contributed by atoms with Crippen molar-refractivity contribution < 1.29 is 13.2 Å². The molecule has 1 N–H and O–H groups in total. The second-order valence-corrected chi connectivity index (χ2v) is 12.7. The summed E-state index contributed by atoms with van der Waals surface area (Å²) in [6.45, 7) is 1.60. The van der Waals surface area contributed by atoms with Crippen molar-refractivity contribution in [2.75, 3.05) is 24.6 Å². The van der Waals surface area contributed by atoms with Crippen molar-refractivity contribution in [3.8, 4) is 0 Å². The van der Waals surface area contributed by atoms with Gasteiger partial charge in [-0.15, -0.1) is 0 Å². The first kappa shape index (κ1) is 19.7. The highest BCUT2D eigenvalue weighted by Gasteiger charge is 2.51. The van der Waals surface area contributed by atoms with E-state index in [1.807, 2.05) is 28.8 Å². The molecule has 0 aromatic carbocycles. The normalized spacial score (nSPS) is 34.3. The monoisotopic (exact) mass is 442 g/mol. The SMILES string of the molecule is O=C(NC12CC3CC(CC(C3)C1)C2)c1nc(CN2CCS(=O)(=O)CC2)c2ccccn12. The zero-order valence-electron chi connectivity index (χ0n) is 17.8. The van der Waals surface area contributed by atoms with Gasteiger partial charge in [-0.1, -0.05) is 6.07 Å². The molecule has 1 saturated heterocycles. The topological polar surface area (TPSA) is 83.8 Å². The molecule has 4 saturated carbocycles. The number of amides is 1. The summed E-state index contributed by atoms with van der Waals surface area (Å²) >= 11 is 0. The molecule has 31 heavy (non-hydrogen) atoms. The number of nitrogens with zero attached hydrogens (tertiary/aromatic N) is 3. The summed E-state index contributed by atoms with van der Waals surface area (Å²) in [5.41, 5.74) is 1.72. The van der Waals surface area contributed by atoms with Crippen molar-refractivity contribution in [1.82, 2.24) is 19.6 Å². The Labute approximate surface area is 183 Å². The lowest BCUT2D eigenvalue weighted by molar-refractivity contribution is -0.0169. The number of fused-ring (bicyclic) bond motifs is 1. The van der Waals surface area contributed by atoms with Gasteiger partial charge in [-0.05, 0) is 68.4 Å². The molecule has 4 bridgehead atoms. The van der Waals surface area contributed by atoms with Gasteiger partial charge in [0.25, 0.3) is 5.91 Å². The number of rotatable bonds is 4. The largest absolute Gasteiger partial charge is 0.344 e. The number of nitrogens with one attached hydrogen (secondary N) is 1. The minimum Gasteiger partial charge on any atom is -0.344 e. The third-order valence-corrected chi connectivity index (χ3v) is 9.66. The second-order valence-electron chi connectivity index (χ2n) is 10.4. The van der Waals surface area contributed by atoms with Crippen molar-refractivity contribution in [3.63, 3.8) is 0 Å². The van der Waals surface area contributed by atoms with E-state index in [-0.39, 0.29) is 23.0 Å². The smallest absolute Gasteiger partial charge is 0.288 e. The number of hydrogen-bond donors (Lipinski definition) is 1. The minimum atomic E-state index is -2.92. The molecular weight excluding hydrogens is 412 g/mol. The molecule has 0 unspecified atom stereocenters. The molecule has 1 amide bonds. The van der Waals surface area contributed by atoms with Gasteiger partial charge in [0.05, 0.1) is 22.7 Å². The predicted molar refractivity (Wildman–Crippen MR) is 117 cm³/mol. The number of carbonyl (C=O) groups is 1. The summed E-state index contributed by atoms with van der Waals surface area (Å²) in [7, 11) is -2.92. The fourth-order valence-corrected chi connectivity index (χ4v) is 8.34. The van der Waals surface area contributed by atoms with Gasteiger partial charge in [-0.2, -0.15) is 0 Å². The van der Waals surface area contributed by atoms with E-state index in [0.717, 1.165) is 48.2 Å². The Morgan fingerprint density at radius 2 is 1.71 bits per heavy atom. The number of aromatic nitrogens is 2. The summed E-state index contributed by atoms with van der Waals surface area (Å²) in [6.07, 6.45) is 9.28. The van der Waals surface area contributed by atoms with Gasteiger partial charge >= 0.3 is 0 Å². The van der Waals surface area contributed by atoms with Crippen molar-refractivity contribution in [2.24, 2.45) is 17.8 Å². The molecule has 4 aliphatic carbocycles. The van der Waals surface area contributed by atoms with E-state index < -0.39 is 9.84 Å². The van der Waals surface area contributed by atoms with Gasteiger partial charge in [0.1, 0.15) is 0 Å². The summed E-state index contributed by atoms with van der Waals surface area (Å²) < 4.78 is 25.4. The Bertz CT molecular complexity index is 1090. The van der Waals surface area contributed by atoms with Crippen molar-refractivity contribution >= 4 is 21.3 Å². The maximum atomic E-state index is 13.4. The Kier molecular flexibility index (Phi) is 4.48. The van der Waals surface area contributed by atoms with E-state index in [0.29, 0.717) is 25.5 Å². The Hall–Kier alpha value is -1.93. The van der Waals surface area contributed by atoms with Crippen molar-refractivity contribution in [1.29, 1.82) is 0 Å². The average molecular weight is 443 g/mol. The standard InChI is InChI=1S/C23H30N4O3S/c28-22(25-23-12-16-9-17(13-23)11-18(10-16)14-23)21-24-19(20-3-1-2-4-27(20)21)15-26-5-7-31(29,30)8-6-26/h1-4,16-18H,5-15H2,(H,25,28). The van der Waals surface area contributed by atoms with Crippen LogP contribution in [0.4, 0.5) is 0 Å². The molecule has 166 valence electrons. The van der Waals surface area contributed by atoms with Gasteiger partial charge in [-0.25, -0.2) is 13.4 Å². The lowest BCUT2D eigenvalue weighted by Gasteiger charge is -2.56. The van der Waals surface area contributed by atoms with E-state index in [1.165, 1.54) is 19.3 Å². The van der Waals surface area contributed by atoms with Crippen LogP contribution >= 0.6 is 0 Å². The molecule has 8 heteroatoms. The minimum absolute atomic E-state index is 0.0478. The summed E-state index contributed by atoms with van der Waals surface area (Å²) in [6, 6.07) is 5.87. The third kappa shape index (κ3) is 3.57. The molecule has 0 atom stereocenters. The average Bonchev–Trinajstić information content (AvgIpc) is 3.07. The Morgan fingerprint density at radius 1 is 1.06 bits per heavy atom. The van der Waals surface area contributed by atoms with Crippen LogP contribution in [0.1, 0.15) is 54.8 Å². The molecule has 3 heterocycles. The molecule has 5 fully saturated rings. The molecule has 1 aliphatic heterocycles. The zero-order valence-corrected chi connectivity index (χ0v) is 18.6. The van der Waals surface area contributed by atoms with Crippen LogP contribution in [0.15, 0.2) is 24.4 Å². The molecular formula is C23H30N4O3S. The quantitative estimate of drug-likeness (QED) is 0.785. The first-order valence-corrected chi connectivity index (χ1v) is 13.4. The number of hydrogen-bond acceptors (Lipinski definition) is 5. The predicted octanol–water partition coefficient (Wildman–Crippen LogP) is 2.26. The zero-order chi connectivity index (χ0) is 21.2. The highest BCUT2D eigenvalue weighted by molar-refractivity contribution is 7.91. The molecule has 2 aromatic rings. The first-order chi connectivity index (χ1) is 14.9. The van der Waals surface area contributed by atoms with E-state index in [4.69, 9.17) is 4.98 Å². The maximum absolute atomic E-state index is 13.4. The van der Waals surface area contributed by atoms with E-state index in [1.54, 1.807) is 0 Å². The molecule has 0 spiro atoms. The number of sulfone groups is 1. The van der Waals surface area contributed by atoms with Gasteiger partial charge in [0, 0.05) is 31.4 Å². The maximum Gasteiger partial charge on any atom is 0.288 e. The van der Waals surface area contributed by atoms with Crippen LogP contribution in [0.3, 0.4) is 0 Å². The number of pyridine rings is 1. The molecule has 2 aromatic heterocycles. The highest BCUT2D eigenvalue weighted by atomic mass is 32.2. The van der Waals surface area contributed by atoms with Crippen LogP contribution in [0, 0.1) is 17.8 Å². The van der Waals surface area contributed by atoms with Crippen LogP contribution in [-0.2, 0) is 16.4 Å². The lowest BCUT2D eigenvalue weighted by Crippen LogP contribution is -2.60. The second kappa shape index (κ2) is 7.04. The number of imidazole rings is 1. The molecule has 7 rings (SSSR count). The summed E-state index contributed by atoms with van der Waals surface area (Å²) in [5.74, 6) is 3.08. The van der Waals surface area contributed by atoms with Crippen LogP contribution in [0.5, 0.6) is 0 Å². The van der Waals surface area contributed by atoms with Gasteiger partial charge < -0.3 is 5.32 Å². The fourth-order valence-electron chi connectivity index (χ4n) is 7.06. The lowest BCUT2D eigenvalue weighted by atomic mass is 9.53. The summed E-state index contributed by atoms with van der Waals surface area (Å²) in [4.78, 5) is 20.3. The van der Waals surface area contributed by atoms with Gasteiger partial charge in [0.15, 0.2) is 9.84 Å². The van der Waals surface area contributed by atoms with E-state index in [2.05, 4.69) is 10.2 Å². The molecule has 5 aliphatic rings. The van der Waals surface area contributed by atoms with Crippen LogP contribution in [0.2, 0.25) is 0 Å². The molecule has 7 nitrogen and oxygen atoms in total. The van der Waals surface area contributed by atoms with Gasteiger partial charge in [0.2, 0.25) is 5.82 Å². The van der Waals surface area contributed by atoms with Crippen LogP contribution in [0.25, 0.3) is 5.52 Å². The Morgan fingerprint density at radius 3 is 2.35 bits per heavy atom. The van der Waals surface area contributed by atoms with E-state index >= 15 is 0 Å². The first-order valence-electron chi connectivity index (χ1n) is 11.6. The molecule has 0 radical (unpaired) electrons. The highest BCUT2D eigenvalue weighted by Crippen LogP contribution is 2.55. The summed E-state index contributed by atoms with van der Waals surface area (Å²) in [5, 5.41) is 3.45. The van der Waals surface area contributed by atoms with Crippen molar-refractivity contribution in [2.45, 2.75) is 50.6 Å². The van der Waals surface area contributed by atoms with Gasteiger partial charge in [-0.3, -0.25) is 14.1 Å².